The number of nitrogens with zero attached hydrogens (tertiary/aromatic N) is 3. The fourth-order valence-corrected chi connectivity index (χ4v) is 4.80. The third-order valence-electron chi connectivity index (χ3n) is 6.43. The third kappa shape index (κ3) is 4.11. The second-order valence-corrected chi connectivity index (χ2v) is 8.39. The summed E-state index contributed by atoms with van der Waals surface area (Å²) < 4.78 is 5.58. The average Bonchev–Trinajstić information content (AvgIpc) is 3.25. The first-order valence-corrected chi connectivity index (χ1v) is 11.2. The zero-order valence-corrected chi connectivity index (χ0v) is 18.4. The Morgan fingerprint density at radius 1 is 1.12 bits per heavy atom. The number of ether oxygens (including phenoxy) is 1. The SMILES string of the molecule is COc1cccc(CN(Cc2nc3ccccc3[nH]2)C2C=C3C=CC=NC3CC2)c1CN. The van der Waals surface area contributed by atoms with Crippen molar-refractivity contribution in [1.82, 2.24) is 14.9 Å². The maximum Gasteiger partial charge on any atom is 0.123 e. The molecule has 1 aliphatic carbocycles. The Hall–Kier alpha value is -3.22. The lowest BCUT2D eigenvalue weighted by Gasteiger charge is -2.35. The lowest BCUT2D eigenvalue weighted by Crippen LogP contribution is -2.37. The van der Waals surface area contributed by atoms with Crippen molar-refractivity contribution in [2.24, 2.45) is 10.7 Å². The first-order valence-electron chi connectivity index (χ1n) is 11.2. The monoisotopic (exact) mass is 427 g/mol. The summed E-state index contributed by atoms with van der Waals surface area (Å²) in [4.78, 5) is 15.5. The molecule has 2 aliphatic rings. The van der Waals surface area contributed by atoms with Gasteiger partial charge in [-0.15, -0.1) is 0 Å². The van der Waals surface area contributed by atoms with E-state index in [9.17, 15) is 0 Å². The van der Waals surface area contributed by atoms with Crippen molar-refractivity contribution in [2.75, 3.05) is 7.11 Å². The number of H-pyrrole nitrogens is 1. The number of hydrogen-bond acceptors (Lipinski definition) is 5. The maximum absolute atomic E-state index is 6.12. The summed E-state index contributed by atoms with van der Waals surface area (Å²) in [6.07, 6.45) is 10.6. The van der Waals surface area contributed by atoms with Gasteiger partial charge >= 0.3 is 0 Å². The minimum absolute atomic E-state index is 0.292. The van der Waals surface area contributed by atoms with Crippen molar-refractivity contribution in [3.8, 4) is 5.75 Å². The van der Waals surface area contributed by atoms with Crippen LogP contribution in [0.1, 0.15) is 29.8 Å². The molecule has 0 saturated carbocycles. The number of para-hydroxylation sites is 2. The van der Waals surface area contributed by atoms with E-state index in [2.05, 4.69) is 39.2 Å². The highest BCUT2D eigenvalue weighted by atomic mass is 16.5. The summed E-state index contributed by atoms with van der Waals surface area (Å²) in [6, 6.07) is 14.9. The molecule has 32 heavy (non-hydrogen) atoms. The molecular formula is C26H29N5O. The first-order chi connectivity index (χ1) is 15.7. The lowest BCUT2D eigenvalue weighted by molar-refractivity contribution is 0.188. The van der Waals surface area contributed by atoms with Gasteiger partial charge in [-0.3, -0.25) is 9.89 Å². The van der Waals surface area contributed by atoms with Crippen LogP contribution in [0.15, 0.2) is 71.3 Å². The van der Waals surface area contributed by atoms with Crippen LogP contribution >= 0.6 is 0 Å². The molecule has 1 aromatic heterocycles. The van der Waals surface area contributed by atoms with E-state index < -0.39 is 0 Å². The molecule has 0 saturated heterocycles. The van der Waals surface area contributed by atoms with Gasteiger partial charge < -0.3 is 15.5 Å². The number of aromatic amines is 1. The molecule has 1 aliphatic heterocycles. The molecule has 3 N–H and O–H groups in total. The van der Waals surface area contributed by atoms with Crippen molar-refractivity contribution in [3.05, 3.63) is 83.2 Å². The van der Waals surface area contributed by atoms with Crippen LogP contribution in [0.4, 0.5) is 0 Å². The van der Waals surface area contributed by atoms with Gasteiger partial charge in [0.25, 0.3) is 0 Å². The summed E-state index contributed by atoms with van der Waals surface area (Å²) in [7, 11) is 1.70. The van der Waals surface area contributed by atoms with Crippen LogP contribution in [0.2, 0.25) is 0 Å². The number of methoxy groups -OCH3 is 1. The van der Waals surface area contributed by atoms with E-state index >= 15 is 0 Å². The largest absolute Gasteiger partial charge is 0.496 e. The molecule has 164 valence electrons. The van der Waals surface area contributed by atoms with Crippen LogP contribution in [0.5, 0.6) is 5.75 Å². The van der Waals surface area contributed by atoms with Gasteiger partial charge in [0.2, 0.25) is 0 Å². The van der Waals surface area contributed by atoms with Crippen molar-refractivity contribution >= 4 is 17.2 Å². The van der Waals surface area contributed by atoms with Crippen LogP contribution in [0.3, 0.4) is 0 Å². The van der Waals surface area contributed by atoms with Gasteiger partial charge in [-0.2, -0.15) is 0 Å². The third-order valence-corrected chi connectivity index (χ3v) is 6.43. The molecule has 0 spiro atoms. The number of aliphatic imine (C=N–C) groups is 1. The molecule has 0 bridgehead atoms. The number of allylic oxidation sites excluding steroid dienone is 1. The maximum atomic E-state index is 6.12. The molecule has 6 nitrogen and oxygen atoms in total. The molecule has 3 aromatic rings. The van der Waals surface area contributed by atoms with Gasteiger partial charge in [-0.25, -0.2) is 4.98 Å². The summed E-state index contributed by atoms with van der Waals surface area (Å²) >= 11 is 0. The second kappa shape index (κ2) is 9.10. The fourth-order valence-electron chi connectivity index (χ4n) is 4.80. The van der Waals surface area contributed by atoms with E-state index in [0.29, 0.717) is 18.6 Å². The van der Waals surface area contributed by atoms with E-state index in [1.807, 2.05) is 42.6 Å². The van der Waals surface area contributed by atoms with Crippen molar-refractivity contribution in [2.45, 2.75) is 44.6 Å². The van der Waals surface area contributed by atoms with Crippen LogP contribution in [0, 0.1) is 0 Å². The lowest BCUT2D eigenvalue weighted by atomic mass is 9.89. The molecule has 0 fully saturated rings. The average molecular weight is 428 g/mol. The second-order valence-electron chi connectivity index (χ2n) is 8.39. The molecule has 0 radical (unpaired) electrons. The zero-order valence-electron chi connectivity index (χ0n) is 18.4. The van der Waals surface area contributed by atoms with Crippen molar-refractivity contribution in [3.63, 3.8) is 0 Å². The van der Waals surface area contributed by atoms with E-state index in [4.69, 9.17) is 15.5 Å². The van der Waals surface area contributed by atoms with Crippen LogP contribution in [0.25, 0.3) is 11.0 Å². The number of hydrogen-bond donors (Lipinski definition) is 2. The molecule has 0 amide bonds. The van der Waals surface area contributed by atoms with Crippen molar-refractivity contribution < 1.29 is 4.74 Å². The first kappa shape index (κ1) is 20.7. The van der Waals surface area contributed by atoms with Gasteiger partial charge in [-0.05, 0) is 48.3 Å². The molecular weight excluding hydrogens is 398 g/mol. The minimum Gasteiger partial charge on any atom is -0.496 e. The molecule has 2 unspecified atom stereocenters. The highest BCUT2D eigenvalue weighted by molar-refractivity contribution is 5.75. The van der Waals surface area contributed by atoms with Crippen LogP contribution < -0.4 is 10.5 Å². The number of dihydropyridines is 1. The summed E-state index contributed by atoms with van der Waals surface area (Å²) in [6.45, 7) is 1.94. The topological polar surface area (TPSA) is 79.5 Å². The smallest absolute Gasteiger partial charge is 0.123 e. The highest BCUT2D eigenvalue weighted by Crippen LogP contribution is 2.30. The van der Waals surface area contributed by atoms with E-state index in [-0.39, 0.29) is 0 Å². The summed E-state index contributed by atoms with van der Waals surface area (Å²) in [5.74, 6) is 1.82. The Labute approximate surface area is 188 Å². The standard InChI is InChI=1S/C26H29N5O/c1-32-25-10-4-6-19(21(25)15-27)16-31(17-26-29-23-8-2-3-9-24(23)30-26)20-11-12-22-18(14-20)7-5-13-28-22/h2-10,13-14,20,22H,11-12,15-17,27H2,1H3,(H,29,30). The van der Waals surface area contributed by atoms with Gasteiger partial charge in [0.1, 0.15) is 11.6 Å². The zero-order chi connectivity index (χ0) is 21.9. The van der Waals surface area contributed by atoms with Gasteiger partial charge in [0, 0.05) is 30.9 Å². The molecule has 6 heteroatoms. The number of nitrogens with two attached hydrogens (primary N) is 1. The van der Waals surface area contributed by atoms with Gasteiger partial charge in [0.05, 0.1) is 30.7 Å². The molecule has 5 rings (SSSR count). The quantitative estimate of drug-likeness (QED) is 0.594. The summed E-state index contributed by atoms with van der Waals surface area (Å²) in [5.41, 5.74) is 11.8. The Bertz CT molecular complexity index is 1160. The number of imidazole rings is 1. The number of aromatic nitrogens is 2. The predicted octanol–water partition coefficient (Wildman–Crippen LogP) is 4.13. The number of fused-ring (bicyclic) bond motifs is 2. The van der Waals surface area contributed by atoms with Gasteiger partial charge in [-0.1, -0.05) is 36.4 Å². The Morgan fingerprint density at radius 2 is 2.03 bits per heavy atom. The van der Waals surface area contributed by atoms with E-state index in [0.717, 1.165) is 54.1 Å². The Kier molecular flexibility index (Phi) is 5.88. The number of nitrogens with one attached hydrogen (secondary N) is 1. The number of benzene rings is 2. The van der Waals surface area contributed by atoms with E-state index in [1.54, 1.807) is 7.11 Å². The number of rotatable bonds is 7. The Balaban J connectivity index is 1.49. The predicted molar refractivity (Wildman–Crippen MR) is 129 cm³/mol. The fraction of sp³-hybridized carbons (Fsp3) is 0.308. The molecule has 2 aromatic carbocycles. The van der Waals surface area contributed by atoms with Crippen LogP contribution in [-0.4, -0.2) is 40.3 Å². The van der Waals surface area contributed by atoms with E-state index in [1.165, 1.54) is 11.1 Å². The normalized spacial score (nSPS) is 19.9. The molecule has 2 atom stereocenters. The molecule has 2 heterocycles. The Morgan fingerprint density at radius 3 is 2.88 bits per heavy atom. The van der Waals surface area contributed by atoms with Crippen LogP contribution in [-0.2, 0) is 19.6 Å². The highest BCUT2D eigenvalue weighted by Gasteiger charge is 2.27. The van der Waals surface area contributed by atoms with Crippen molar-refractivity contribution in [1.29, 1.82) is 0 Å². The summed E-state index contributed by atoms with van der Waals surface area (Å²) in [5, 5.41) is 0. The minimum atomic E-state index is 0.292. The van der Waals surface area contributed by atoms with Gasteiger partial charge in [0.15, 0.2) is 0 Å².